The first-order valence-corrected chi connectivity index (χ1v) is 5.99. The van der Waals surface area contributed by atoms with Crippen molar-refractivity contribution in [2.75, 3.05) is 0 Å². The molecule has 2 heteroatoms. The van der Waals surface area contributed by atoms with Gasteiger partial charge < -0.3 is 0 Å². The average Bonchev–Trinajstić information content (AvgIpc) is 2.03. The van der Waals surface area contributed by atoms with Crippen molar-refractivity contribution in [1.29, 1.82) is 0 Å². The summed E-state index contributed by atoms with van der Waals surface area (Å²) in [5.41, 5.74) is 0.475. The van der Waals surface area contributed by atoms with Gasteiger partial charge in [-0.3, -0.25) is 3.53 Å². The second-order valence-corrected chi connectivity index (χ2v) is 5.60. The molecule has 72 valence electrons. The molecule has 0 heterocycles. The van der Waals surface area contributed by atoms with E-state index < -0.39 is 0 Å². The summed E-state index contributed by atoms with van der Waals surface area (Å²) in [6.45, 7) is 7.10. The highest BCUT2D eigenvalue weighted by Crippen LogP contribution is 2.38. The summed E-state index contributed by atoms with van der Waals surface area (Å²) in [7, 11) is 0. The van der Waals surface area contributed by atoms with Crippen LogP contribution in [-0.2, 0) is 0 Å². The lowest BCUT2D eigenvalue weighted by Crippen LogP contribution is -2.40. The Kier molecular flexibility index (Phi) is 3.83. The van der Waals surface area contributed by atoms with E-state index in [0.29, 0.717) is 5.41 Å². The minimum atomic E-state index is 0.475. The minimum absolute atomic E-state index is 0.475. The maximum Gasteiger partial charge on any atom is 0.0196 e. The highest BCUT2D eigenvalue weighted by Gasteiger charge is 2.33. The van der Waals surface area contributed by atoms with Gasteiger partial charge >= 0.3 is 0 Å². The van der Waals surface area contributed by atoms with Crippen LogP contribution >= 0.6 is 22.9 Å². The zero-order chi connectivity index (χ0) is 9.19. The lowest BCUT2D eigenvalue weighted by molar-refractivity contribution is 0.148. The Labute approximate surface area is 90.2 Å². The maximum absolute atomic E-state index is 3.43. The zero-order valence-corrected chi connectivity index (χ0v) is 10.5. The molecule has 0 bridgehead atoms. The van der Waals surface area contributed by atoms with Crippen LogP contribution in [0.2, 0.25) is 0 Å². The first kappa shape index (κ1) is 10.8. The van der Waals surface area contributed by atoms with Crippen LogP contribution in [0.3, 0.4) is 0 Å². The van der Waals surface area contributed by atoms with Gasteiger partial charge in [-0.1, -0.05) is 33.6 Å². The fraction of sp³-hybridized carbons (Fsp3) is 1.00. The molecule has 0 spiro atoms. The van der Waals surface area contributed by atoms with E-state index >= 15 is 0 Å². The highest BCUT2D eigenvalue weighted by molar-refractivity contribution is 14.1. The third-order valence-corrected chi connectivity index (χ3v) is 3.82. The van der Waals surface area contributed by atoms with Crippen molar-refractivity contribution in [3.63, 3.8) is 0 Å². The summed E-state index contributed by atoms with van der Waals surface area (Å²) in [6, 6.07) is 0.749. The number of halogens is 1. The molecule has 1 rings (SSSR count). The average molecular weight is 281 g/mol. The molecule has 1 aliphatic rings. The standard InChI is InChI=1S/C10H20IN/c1-10(2,3)8-6-4-5-7-9(8)12-11/h8-9,12H,4-7H2,1-3H3/t8-,9+/m1/s1. The van der Waals surface area contributed by atoms with Gasteiger partial charge in [0.15, 0.2) is 0 Å². The second kappa shape index (κ2) is 4.27. The first-order chi connectivity index (χ1) is 5.55. The van der Waals surface area contributed by atoms with E-state index in [1.807, 2.05) is 0 Å². The van der Waals surface area contributed by atoms with E-state index in [-0.39, 0.29) is 0 Å². The normalized spacial score (nSPS) is 32.0. The van der Waals surface area contributed by atoms with Gasteiger partial charge in [0, 0.05) is 28.9 Å². The van der Waals surface area contributed by atoms with Gasteiger partial charge in [-0.15, -0.1) is 0 Å². The van der Waals surface area contributed by atoms with E-state index in [1.165, 1.54) is 25.7 Å². The molecule has 1 saturated carbocycles. The van der Waals surface area contributed by atoms with E-state index in [0.717, 1.165) is 12.0 Å². The molecule has 1 N–H and O–H groups in total. The quantitative estimate of drug-likeness (QED) is 0.572. The molecule has 0 amide bonds. The Morgan fingerprint density at radius 2 is 1.75 bits per heavy atom. The van der Waals surface area contributed by atoms with E-state index in [2.05, 4.69) is 47.2 Å². The molecule has 0 aromatic rings. The van der Waals surface area contributed by atoms with Gasteiger partial charge in [0.05, 0.1) is 0 Å². The Balaban J connectivity index is 2.59. The van der Waals surface area contributed by atoms with Crippen LogP contribution in [0.15, 0.2) is 0 Å². The van der Waals surface area contributed by atoms with Gasteiger partial charge in [-0.2, -0.15) is 0 Å². The molecule has 1 nitrogen and oxygen atoms in total. The van der Waals surface area contributed by atoms with Crippen LogP contribution in [0.1, 0.15) is 46.5 Å². The molecule has 0 unspecified atom stereocenters. The van der Waals surface area contributed by atoms with Gasteiger partial charge in [-0.05, 0) is 24.2 Å². The number of nitrogens with one attached hydrogen (secondary N) is 1. The Morgan fingerprint density at radius 1 is 1.17 bits per heavy atom. The highest BCUT2D eigenvalue weighted by atomic mass is 127. The first-order valence-electron chi connectivity index (χ1n) is 4.92. The zero-order valence-electron chi connectivity index (χ0n) is 8.36. The number of rotatable bonds is 1. The molecular formula is C10H20IN. The van der Waals surface area contributed by atoms with Crippen molar-refractivity contribution in [2.24, 2.45) is 11.3 Å². The SMILES string of the molecule is CC(C)(C)[C@@H]1CCCC[C@@H]1NI. The van der Waals surface area contributed by atoms with Crippen LogP contribution in [0.4, 0.5) is 0 Å². The van der Waals surface area contributed by atoms with Crippen LogP contribution in [0.25, 0.3) is 0 Å². The Hall–Kier alpha value is 0.690. The molecule has 0 radical (unpaired) electrons. The predicted molar refractivity (Wildman–Crippen MR) is 62.4 cm³/mol. The molecule has 0 aromatic carbocycles. The minimum Gasteiger partial charge on any atom is -0.258 e. The van der Waals surface area contributed by atoms with Crippen molar-refractivity contribution in [3.8, 4) is 0 Å². The van der Waals surface area contributed by atoms with E-state index in [9.17, 15) is 0 Å². The Morgan fingerprint density at radius 3 is 2.17 bits per heavy atom. The summed E-state index contributed by atoms with van der Waals surface area (Å²) < 4.78 is 3.43. The summed E-state index contributed by atoms with van der Waals surface area (Å²) in [6.07, 6.45) is 5.61. The largest absolute Gasteiger partial charge is 0.258 e. The molecule has 2 atom stereocenters. The van der Waals surface area contributed by atoms with Crippen molar-refractivity contribution >= 4 is 22.9 Å². The molecule has 1 aliphatic carbocycles. The second-order valence-electron chi connectivity index (χ2n) is 4.97. The molecule has 1 fully saturated rings. The van der Waals surface area contributed by atoms with Crippen molar-refractivity contribution in [3.05, 3.63) is 0 Å². The summed E-state index contributed by atoms with van der Waals surface area (Å²) in [5.74, 6) is 0.864. The summed E-state index contributed by atoms with van der Waals surface area (Å²) >= 11 is 2.31. The van der Waals surface area contributed by atoms with Crippen LogP contribution < -0.4 is 3.53 Å². The molecule has 0 saturated heterocycles. The van der Waals surface area contributed by atoms with Crippen molar-refractivity contribution in [2.45, 2.75) is 52.5 Å². The third kappa shape index (κ3) is 2.59. The number of hydrogen-bond donors (Lipinski definition) is 1. The van der Waals surface area contributed by atoms with Crippen molar-refractivity contribution in [1.82, 2.24) is 3.53 Å². The fourth-order valence-electron chi connectivity index (χ4n) is 2.30. The molecule has 0 aromatic heterocycles. The van der Waals surface area contributed by atoms with Gasteiger partial charge in [0.1, 0.15) is 0 Å². The smallest absolute Gasteiger partial charge is 0.0196 e. The Bertz CT molecular complexity index is 139. The van der Waals surface area contributed by atoms with Gasteiger partial charge in [0.2, 0.25) is 0 Å². The summed E-state index contributed by atoms with van der Waals surface area (Å²) in [4.78, 5) is 0. The molecule has 0 aliphatic heterocycles. The van der Waals surface area contributed by atoms with Crippen LogP contribution in [0.5, 0.6) is 0 Å². The van der Waals surface area contributed by atoms with Crippen LogP contribution in [0, 0.1) is 11.3 Å². The van der Waals surface area contributed by atoms with Gasteiger partial charge in [-0.25, -0.2) is 0 Å². The van der Waals surface area contributed by atoms with Gasteiger partial charge in [0.25, 0.3) is 0 Å². The van der Waals surface area contributed by atoms with E-state index in [1.54, 1.807) is 0 Å². The molecule has 12 heavy (non-hydrogen) atoms. The predicted octanol–water partition coefficient (Wildman–Crippen LogP) is 3.53. The fourth-order valence-corrected chi connectivity index (χ4v) is 3.04. The van der Waals surface area contributed by atoms with Crippen LogP contribution in [-0.4, -0.2) is 6.04 Å². The lowest BCUT2D eigenvalue weighted by Gasteiger charge is -2.39. The maximum atomic E-state index is 3.43. The van der Waals surface area contributed by atoms with E-state index in [4.69, 9.17) is 0 Å². The topological polar surface area (TPSA) is 12.0 Å². The third-order valence-electron chi connectivity index (χ3n) is 3.02. The van der Waals surface area contributed by atoms with Crippen molar-refractivity contribution < 1.29 is 0 Å². The monoisotopic (exact) mass is 281 g/mol. The summed E-state index contributed by atoms with van der Waals surface area (Å²) in [5, 5.41) is 0. The number of hydrogen-bond acceptors (Lipinski definition) is 1. The molecular weight excluding hydrogens is 261 g/mol. The lowest BCUT2D eigenvalue weighted by atomic mass is 9.70.